The van der Waals surface area contributed by atoms with Crippen LogP contribution in [0.5, 0.6) is 0 Å². The fourth-order valence-electron chi connectivity index (χ4n) is 1.96. The Morgan fingerprint density at radius 1 is 0.957 bits per heavy atom. The topological polar surface area (TPSA) is 67.8 Å². The molecule has 0 unspecified atom stereocenters. The maximum absolute atomic E-state index is 11.9. The molecule has 1 amide bonds. The molecular weight excluding hydrogens is 288 g/mol. The molecule has 23 heavy (non-hydrogen) atoms. The van der Waals surface area contributed by atoms with E-state index in [2.05, 4.69) is 20.3 Å². The van der Waals surface area contributed by atoms with Gasteiger partial charge in [-0.2, -0.15) is 0 Å². The first-order chi connectivity index (χ1) is 11.3. The van der Waals surface area contributed by atoms with Crippen LogP contribution in [0.4, 0.5) is 5.69 Å². The van der Waals surface area contributed by atoms with Crippen LogP contribution in [-0.4, -0.2) is 20.9 Å². The maximum atomic E-state index is 11.9. The van der Waals surface area contributed by atoms with Crippen LogP contribution in [0.15, 0.2) is 73.3 Å². The van der Waals surface area contributed by atoms with E-state index < -0.39 is 0 Å². The van der Waals surface area contributed by atoms with Gasteiger partial charge in [-0.05, 0) is 17.7 Å². The molecule has 0 spiro atoms. The molecule has 0 bridgehead atoms. The van der Waals surface area contributed by atoms with Gasteiger partial charge in [-0.25, -0.2) is 9.97 Å². The van der Waals surface area contributed by atoms with Crippen LogP contribution in [0.1, 0.15) is 5.56 Å². The van der Waals surface area contributed by atoms with E-state index in [-0.39, 0.29) is 5.91 Å². The number of pyridine rings is 1. The summed E-state index contributed by atoms with van der Waals surface area (Å²) in [6.07, 6.45) is 9.69. The Balaban J connectivity index is 1.64. The van der Waals surface area contributed by atoms with E-state index >= 15 is 0 Å². The average Bonchev–Trinajstić information content (AvgIpc) is 2.62. The summed E-state index contributed by atoms with van der Waals surface area (Å²) in [4.78, 5) is 24.4. The molecule has 5 nitrogen and oxygen atoms in total. The highest BCUT2D eigenvalue weighted by Gasteiger charge is 2.02. The maximum Gasteiger partial charge on any atom is 0.248 e. The highest BCUT2D eigenvalue weighted by Crippen LogP contribution is 2.14. The Labute approximate surface area is 133 Å². The van der Waals surface area contributed by atoms with Crippen molar-refractivity contribution in [2.75, 3.05) is 5.32 Å². The Kier molecular flexibility index (Phi) is 4.49. The van der Waals surface area contributed by atoms with Crippen LogP contribution >= 0.6 is 0 Å². The van der Waals surface area contributed by atoms with E-state index in [0.29, 0.717) is 11.5 Å². The van der Waals surface area contributed by atoms with Crippen LogP contribution in [0.2, 0.25) is 0 Å². The Bertz CT molecular complexity index is 799. The molecule has 2 aromatic heterocycles. The van der Waals surface area contributed by atoms with Gasteiger partial charge in [-0.15, -0.1) is 0 Å². The lowest BCUT2D eigenvalue weighted by atomic mass is 10.2. The van der Waals surface area contributed by atoms with Gasteiger partial charge in [0.2, 0.25) is 5.91 Å². The summed E-state index contributed by atoms with van der Waals surface area (Å²) in [7, 11) is 0. The van der Waals surface area contributed by atoms with Crippen LogP contribution in [0, 0.1) is 0 Å². The molecule has 0 aliphatic carbocycles. The number of nitrogens with one attached hydrogen (secondary N) is 1. The lowest BCUT2D eigenvalue weighted by Crippen LogP contribution is -2.08. The monoisotopic (exact) mass is 302 g/mol. The van der Waals surface area contributed by atoms with Crippen LogP contribution in [0.25, 0.3) is 17.5 Å². The van der Waals surface area contributed by atoms with E-state index in [1.54, 1.807) is 30.9 Å². The molecule has 112 valence electrons. The SMILES string of the molecule is O=C(/C=C/c1cccnc1)Nc1cnc(-c2ccccc2)nc1. The molecule has 0 fully saturated rings. The Morgan fingerprint density at radius 2 is 1.74 bits per heavy atom. The molecule has 0 aliphatic rings. The number of carbonyl (C=O) groups excluding carboxylic acids is 1. The molecule has 1 N–H and O–H groups in total. The van der Waals surface area contributed by atoms with E-state index in [0.717, 1.165) is 11.1 Å². The number of nitrogens with zero attached hydrogens (tertiary/aromatic N) is 3. The third-order valence-corrected chi connectivity index (χ3v) is 3.06. The highest BCUT2D eigenvalue weighted by molar-refractivity contribution is 6.01. The molecule has 5 heteroatoms. The predicted octanol–water partition coefficient (Wildman–Crippen LogP) is 3.19. The van der Waals surface area contributed by atoms with Crippen LogP contribution in [0.3, 0.4) is 0 Å². The molecule has 1 aromatic carbocycles. The van der Waals surface area contributed by atoms with Crippen molar-refractivity contribution in [3.8, 4) is 11.4 Å². The summed E-state index contributed by atoms with van der Waals surface area (Å²) in [6.45, 7) is 0. The molecule has 3 aromatic rings. The van der Waals surface area contributed by atoms with Gasteiger partial charge in [0, 0.05) is 24.0 Å². The zero-order chi connectivity index (χ0) is 15.9. The van der Waals surface area contributed by atoms with Gasteiger partial charge in [0.15, 0.2) is 5.82 Å². The second kappa shape index (κ2) is 7.09. The molecule has 3 rings (SSSR count). The fraction of sp³-hybridized carbons (Fsp3) is 0. The second-order valence-electron chi connectivity index (χ2n) is 4.77. The van der Waals surface area contributed by atoms with Crippen molar-refractivity contribution < 1.29 is 4.79 Å². The van der Waals surface area contributed by atoms with Gasteiger partial charge in [0.05, 0.1) is 18.1 Å². The molecule has 2 heterocycles. The van der Waals surface area contributed by atoms with Crippen LogP contribution in [-0.2, 0) is 4.79 Å². The second-order valence-corrected chi connectivity index (χ2v) is 4.77. The zero-order valence-electron chi connectivity index (χ0n) is 12.3. The number of hydrogen-bond donors (Lipinski definition) is 1. The summed E-state index contributed by atoms with van der Waals surface area (Å²) < 4.78 is 0. The van der Waals surface area contributed by atoms with Gasteiger partial charge in [0.1, 0.15) is 0 Å². The zero-order valence-corrected chi connectivity index (χ0v) is 12.3. The van der Waals surface area contributed by atoms with Crippen molar-refractivity contribution in [2.24, 2.45) is 0 Å². The van der Waals surface area contributed by atoms with Crippen molar-refractivity contribution in [1.82, 2.24) is 15.0 Å². The van der Waals surface area contributed by atoms with Gasteiger partial charge >= 0.3 is 0 Å². The summed E-state index contributed by atoms with van der Waals surface area (Å²) in [5.74, 6) is 0.374. The number of hydrogen-bond acceptors (Lipinski definition) is 4. The highest BCUT2D eigenvalue weighted by atomic mass is 16.1. The number of aromatic nitrogens is 3. The summed E-state index contributed by atoms with van der Waals surface area (Å²) in [5, 5.41) is 2.72. The number of carbonyl (C=O) groups is 1. The first-order valence-corrected chi connectivity index (χ1v) is 7.08. The number of benzene rings is 1. The minimum absolute atomic E-state index is 0.245. The minimum Gasteiger partial charge on any atom is -0.320 e. The standard InChI is InChI=1S/C18H14N4O/c23-17(9-8-14-5-4-10-19-11-14)22-16-12-20-18(21-13-16)15-6-2-1-3-7-15/h1-13H,(H,22,23)/b9-8+. The molecule has 0 saturated heterocycles. The summed E-state index contributed by atoms with van der Waals surface area (Å²) in [5.41, 5.74) is 2.34. The summed E-state index contributed by atoms with van der Waals surface area (Å²) in [6, 6.07) is 13.3. The Hall–Kier alpha value is -3.34. The van der Waals surface area contributed by atoms with Gasteiger partial charge < -0.3 is 5.32 Å². The van der Waals surface area contributed by atoms with E-state index in [1.807, 2.05) is 42.5 Å². The smallest absolute Gasteiger partial charge is 0.248 e. The van der Waals surface area contributed by atoms with Gasteiger partial charge in [-0.3, -0.25) is 9.78 Å². The molecule has 0 atom stereocenters. The van der Waals surface area contributed by atoms with Crippen molar-refractivity contribution in [3.63, 3.8) is 0 Å². The molecule has 0 radical (unpaired) electrons. The quantitative estimate of drug-likeness (QED) is 0.752. The van der Waals surface area contributed by atoms with Crippen molar-refractivity contribution in [2.45, 2.75) is 0 Å². The first kappa shape index (κ1) is 14.6. The third-order valence-electron chi connectivity index (χ3n) is 3.06. The first-order valence-electron chi connectivity index (χ1n) is 7.08. The number of rotatable bonds is 4. The van der Waals surface area contributed by atoms with E-state index in [4.69, 9.17) is 0 Å². The Morgan fingerprint density at radius 3 is 2.43 bits per heavy atom. The summed E-state index contributed by atoms with van der Waals surface area (Å²) >= 11 is 0. The third kappa shape index (κ3) is 4.07. The minimum atomic E-state index is -0.245. The fourth-order valence-corrected chi connectivity index (χ4v) is 1.96. The lowest BCUT2D eigenvalue weighted by molar-refractivity contribution is -0.111. The molecule has 0 saturated carbocycles. The largest absolute Gasteiger partial charge is 0.320 e. The lowest BCUT2D eigenvalue weighted by Gasteiger charge is -2.03. The van der Waals surface area contributed by atoms with Gasteiger partial charge in [0.25, 0.3) is 0 Å². The average molecular weight is 302 g/mol. The number of anilines is 1. The van der Waals surface area contributed by atoms with E-state index in [1.165, 1.54) is 6.08 Å². The van der Waals surface area contributed by atoms with Crippen molar-refractivity contribution in [1.29, 1.82) is 0 Å². The predicted molar refractivity (Wildman–Crippen MR) is 89.4 cm³/mol. The normalized spacial score (nSPS) is 10.6. The van der Waals surface area contributed by atoms with Crippen molar-refractivity contribution in [3.05, 3.63) is 78.9 Å². The van der Waals surface area contributed by atoms with Crippen molar-refractivity contribution >= 4 is 17.7 Å². The number of amides is 1. The van der Waals surface area contributed by atoms with Crippen LogP contribution < -0.4 is 5.32 Å². The molecule has 0 aliphatic heterocycles. The van der Waals surface area contributed by atoms with E-state index in [9.17, 15) is 4.79 Å². The molecular formula is C18H14N4O. The van der Waals surface area contributed by atoms with Gasteiger partial charge in [-0.1, -0.05) is 36.4 Å².